The number of halogens is 1. The molecule has 1 fully saturated rings. The summed E-state index contributed by atoms with van der Waals surface area (Å²) in [5, 5.41) is 12.2. The van der Waals surface area contributed by atoms with Crippen molar-refractivity contribution < 1.29 is 5.11 Å². The lowest BCUT2D eigenvalue weighted by atomic mass is 9.89. The Bertz CT molecular complexity index is 293. The molecule has 2 nitrogen and oxygen atoms in total. The third-order valence-corrected chi connectivity index (χ3v) is 3.19. The molecule has 3 heteroatoms. The predicted octanol–water partition coefficient (Wildman–Crippen LogP) is 2.11. The van der Waals surface area contributed by atoms with Gasteiger partial charge < -0.3 is 10.4 Å². The molecule has 2 rings (SSSR count). The Morgan fingerprint density at radius 3 is 2.31 bits per heavy atom. The van der Waals surface area contributed by atoms with E-state index in [1.54, 1.807) is 0 Å². The second-order valence-corrected chi connectivity index (χ2v) is 4.24. The molecule has 1 heterocycles. The second kappa shape index (κ2) is 6.89. The molecule has 1 aliphatic rings. The molecule has 0 atom stereocenters. The Balaban J connectivity index is 0.00000128. The zero-order chi connectivity index (χ0) is 10.5. The molecular formula is C13H20ClNO. The van der Waals surface area contributed by atoms with Crippen molar-refractivity contribution in [2.75, 3.05) is 19.7 Å². The summed E-state index contributed by atoms with van der Waals surface area (Å²) in [6, 6.07) is 8.74. The van der Waals surface area contributed by atoms with Crippen LogP contribution in [0.1, 0.15) is 29.9 Å². The van der Waals surface area contributed by atoms with Crippen molar-refractivity contribution >= 4 is 12.4 Å². The van der Waals surface area contributed by atoms with Crippen molar-refractivity contribution in [1.82, 2.24) is 5.32 Å². The highest BCUT2D eigenvalue weighted by atomic mass is 35.5. The zero-order valence-electron chi connectivity index (χ0n) is 9.48. The van der Waals surface area contributed by atoms with Gasteiger partial charge in [0.05, 0.1) is 0 Å². The van der Waals surface area contributed by atoms with Gasteiger partial charge in [0.2, 0.25) is 0 Å². The molecule has 0 saturated carbocycles. The minimum atomic E-state index is 0. The summed E-state index contributed by atoms with van der Waals surface area (Å²) >= 11 is 0. The molecule has 0 unspecified atom stereocenters. The number of piperidine rings is 1. The molecule has 0 amide bonds. The molecule has 1 saturated heterocycles. The lowest BCUT2D eigenvalue weighted by molar-refractivity contribution is 0.299. The van der Waals surface area contributed by atoms with Gasteiger partial charge >= 0.3 is 0 Å². The smallest absolute Gasteiger partial charge is 0.0471 e. The van der Waals surface area contributed by atoms with Crippen LogP contribution in [0.2, 0.25) is 0 Å². The topological polar surface area (TPSA) is 32.3 Å². The minimum absolute atomic E-state index is 0. The average molecular weight is 242 g/mol. The average Bonchev–Trinajstić information content (AvgIpc) is 2.32. The van der Waals surface area contributed by atoms with E-state index in [0.29, 0.717) is 0 Å². The van der Waals surface area contributed by atoms with Crippen molar-refractivity contribution in [2.24, 2.45) is 0 Å². The van der Waals surface area contributed by atoms with Crippen LogP contribution in [-0.4, -0.2) is 24.8 Å². The molecule has 0 spiro atoms. The molecule has 1 aliphatic heterocycles. The minimum Gasteiger partial charge on any atom is -0.396 e. The molecule has 90 valence electrons. The largest absolute Gasteiger partial charge is 0.396 e. The van der Waals surface area contributed by atoms with E-state index in [9.17, 15) is 0 Å². The molecule has 1 aromatic rings. The van der Waals surface area contributed by atoms with E-state index in [-0.39, 0.29) is 19.0 Å². The molecule has 16 heavy (non-hydrogen) atoms. The van der Waals surface area contributed by atoms with Crippen molar-refractivity contribution in [3.05, 3.63) is 35.4 Å². The molecule has 0 bridgehead atoms. The van der Waals surface area contributed by atoms with Gasteiger partial charge in [-0.1, -0.05) is 24.3 Å². The second-order valence-electron chi connectivity index (χ2n) is 4.24. The maximum absolute atomic E-state index is 8.83. The maximum atomic E-state index is 8.83. The summed E-state index contributed by atoms with van der Waals surface area (Å²) in [5.41, 5.74) is 2.69. The van der Waals surface area contributed by atoms with Gasteiger partial charge in [-0.05, 0) is 49.4 Å². The molecule has 0 radical (unpaired) electrons. The van der Waals surface area contributed by atoms with E-state index in [1.165, 1.54) is 24.0 Å². The first-order valence-corrected chi connectivity index (χ1v) is 5.80. The van der Waals surface area contributed by atoms with Crippen molar-refractivity contribution in [3.8, 4) is 0 Å². The molecule has 1 aromatic carbocycles. The van der Waals surface area contributed by atoms with Gasteiger partial charge in [0.25, 0.3) is 0 Å². The molecule has 0 aliphatic carbocycles. The van der Waals surface area contributed by atoms with Crippen LogP contribution in [0.25, 0.3) is 0 Å². The van der Waals surface area contributed by atoms with Gasteiger partial charge in [-0.15, -0.1) is 12.4 Å². The van der Waals surface area contributed by atoms with Gasteiger partial charge in [-0.2, -0.15) is 0 Å². The molecular weight excluding hydrogens is 222 g/mol. The molecule has 0 aromatic heterocycles. The number of aliphatic hydroxyl groups is 1. The maximum Gasteiger partial charge on any atom is 0.0471 e. The highest BCUT2D eigenvalue weighted by molar-refractivity contribution is 5.85. The fourth-order valence-electron chi connectivity index (χ4n) is 2.24. The number of nitrogens with one attached hydrogen (secondary N) is 1. The van der Waals surface area contributed by atoms with Gasteiger partial charge in [0.1, 0.15) is 0 Å². The van der Waals surface area contributed by atoms with Crippen molar-refractivity contribution in [1.29, 1.82) is 0 Å². The Morgan fingerprint density at radius 1 is 1.12 bits per heavy atom. The summed E-state index contributed by atoms with van der Waals surface area (Å²) in [6.07, 6.45) is 3.27. The lowest BCUT2D eigenvalue weighted by Crippen LogP contribution is -2.26. The van der Waals surface area contributed by atoms with E-state index in [4.69, 9.17) is 5.11 Å². The fourth-order valence-corrected chi connectivity index (χ4v) is 2.24. The summed E-state index contributed by atoms with van der Waals surface area (Å²) in [4.78, 5) is 0. The van der Waals surface area contributed by atoms with E-state index < -0.39 is 0 Å². The van der Waals surface area contributed by atoms with Crippen LogP contribution >= 0.6 is 12.4 Å². The summed E-state index contributed by atoms with van der Waals surface area (Å²) in [6.45, 7) is 2.53. The Labute approximate surface area is 103 Å². The third kappa shape index (κ3) is 3.48. The van der Waals surface area contributed by atoms with E-state index in [0.717, 1.165) is 25.4 Å². The molecule has 2 N–H and O–H groups in total. The number of rotatable bonds is 3. The Morgan fingerprint density at radius 2 is 1.75 bits per heavy atom. The first kappa shape index (κ1) is 13.5. The van der Waals surface area contributed by atoms with Crippen LogP contribution < -0.4 is 5.32 Å². The van der Waals surface area contributed by atoms with Crippen LogP contribution in [0.3, 0.4) is 0 Å². The lowest BCUT2D eigenvalue weighted by Gasteiger charge is -2.23. The summed E-state index contributed by atoms with van der Waals surface area (Å²) in [7, 11) is 0. The normalized spacial score (nSPS) is 16.8. The van der Waals surface area contributed by atoms with Crippen LogP contribution in [-0.2, 0) is 6.42 Å². The van der Waals surface area contributed by atoms with Crippen LogP contribution in [0.4, 0.5) is 0 Å². The SMILES string of the molecule is Cl.OCCc1ccc(C2CCNCC2)cc1. The zero-order valence-corrected chi connectivity index (χ0v) is 10.3. The first-order valence-electron chi connectivity index (χ1n) is 5.80. The first-order chi connectivity index (χ1) is 7.40. The quantitative estimate of drug-likeness (QED) is 0.850. The van der Waals surface area contributed by atoms with Crippen molar-refractivity contribution in [2.45, 2.75) is 25.2 Å². The Kier molecular flexibility index (Phi) is 5.81. The third-order valence-electron chi connectivity index (χ3n) is 3.19. The number of aliphatic hydroxyl groups excluding tert-OH is 1. The number of benzene rings is 1. The van der Waals surface area contributed by atoms with Crippen molar-refractivity contribution in [3.63, 3.8) is 0 Å². The number of hydrogen-bond acceptors (Lipinski definition) is 2. The predicted molar refractivity (Wildman–Crippen MR) is 69.3 cm³/mol. The fraction of sp³-hybridized carbons (Fsp3) is 0.538. The van der Waals surface area contributed by atoms with Gasteiger partial charge in [0.15, 0.2) is 0 Å². The van der Waals surface area contributed by atoms with Gasteiger partial charge in [-0.3, -0.25) is 0 Å². The van der Waals surface area contributed by atoms with E-state index in [2.05, 4.69) is 29.6 Å². The monoisotopic (exact) mass is 241 g/mol. The van der Waals surface area contributed by atoms with Crippen LogP contribution in [0, 0.1) is 0 Å². The Hall–Kier alpha value is -0.570. The summed E-state index contributed by atoms with van der Waals surface area (Å²) in [5.74, 6) is 0.731. The van der Waals surface area contributed by atoms with Crippen LogP contribution in [0.15, 0.2) is 24.3 Å². The number of hydrogen-bond donors (Lipinski definition) is 2. The summed E-state index contributed by atoms with van der Waals surface area (Å²) < 4.78 is 0. The van der Waals surface area contributed by atoms with E-state index in [1.807, 2.05) is 0 Å². The highest BCUT2D eigenvalue weighted by Gasteiger charge is 2.14. The van der Waals surface area contributed by atoms with Crippen LogP contribution in [0.5, 0.6) is 0 Å². The standard InChI is InChI=1S/C13H19NO.ClH/c15-10-7-11-1-3-12(4-2-11)13-5-8-14-9-6-13;/h1-4,13-15H,5-10H2;1H. The highest BCUT2D eigenvalue weighted by Crippen LogP contribution is 2.25. The van der Waals surface area contributed by atoms with E-state index >= 15 is 0 Å². The van der Waals surface area contributed by atoms with Gasteiger partial charge in [-0.25, -0.2) is 0 Å². The van der Waals surface area contributed by atoms with Gasteiger partial charge in [0, 0.05) is 6.61 Å².